The van der Waals surface area contributed by atoms with Crippen LogP contribution in [0.5, 0.6) is 0 Å². The molecule has 0 saturated carbocycles. The van der Waals surface area contributed by atoms with Crippen molar-refractivity contribution in [3.8, 4) is 11.4 Å². The van der Waals surface area contributed by atoms with E-state index in [0.717, 1.165) is 34.5 Å². The molecule has 0 bridgehead atoms. The number of aryl methyl sites for hydroxylation is 1. The lowest BCUT2D eigenvalue weighted by Gasteiger charge is -2.37. The predicted octanol–water partition coefficient (Wildman–Crippen LogP) is 6.82. The number of rotatable bonds is 5. The summed E-state index contributed by atoms with van der Waals surface area (Å²) in [7, 11) is 0. The standard InChI is InChI=1S/C27H23ClN4OS/c1-3-18-12-14-19(15-13-18)24-23(17(2)32(27(34)29-24)22-10-5-4-6-11-22)26-30-25(31-33-26)20-8-7-9-21(28)16-20/h4-16,24H,3H2,1-2H3,(H,29,34). The maximum absolute atomic E-state index is 6.18. The van der Waals surface area contributed by atoms with E-state index in [0.29, 0.717) is 21.9 Å². The molecule has 1 aliphatic heterocycles. The first-order chi connectivity index (χ1) is 16.5. The molecule has 0 spiro atoms. The molecule has 0 amide bonds. The summed E-state index contributed by atoms with van der Waals surface area (Å²) in [6.07, 6.45) is 0.979. The molecular formula is C27H23ClN4OS. The van der Waals surface area contributed by atoms with Gasteiger partial charge in [0.25, 0.3) is 5.89 Å². The van der Waals surface area contributed by atoms with Gasteiger partial charge >= 0.3 is 0 Å². The van der Waals surface area contributed by atoms with Crippen molar-refractivity contribution in [3.63, 3.8) is 0 Å². The van der Waals surface area contributed by atoms with Crippen molar-refractivity contribution in [1.82, 2.24) is 15.5 Å². The Morgan fingerprint density at radius 1 is 1.03 bits per heavy atom. The number of anilines is 1. The fraction of sp³-hybridized carbons (Fsp3) is 0.148. The number of para-hydroxylation sites is 1. The SMILES string of the molecule is CCc1ccc(C2NC(=S)N(c3ccccc3)C(C)=C2c2nc(-c3cccc(Cl)c3)no2)cc1. The van der Waals surface area contributed by atoms with Crippen LogP contribution in [-0.2, 0) is 6.42 Å². The summed E-state index contributed by atoms with van der Waals surface area (Å²) in [6.45, 7) is 4.18. The van der Waals surface area contributed by atoms with Crippen LogP contribution in [0.4, 0.5) is 5.69 Å². The molecule has 34 heavy (non-hydrogen) atoms. The van der Waals surface area contributed by atoms with E-state index >= 15 is 0 Å². The Balaban J connectivity index is 1.64. The van der Waals surface area contributed by atoms with Crippen molar-refractivity contribution in [3.05, 3.63) is 107 Å². The van der Waals surface area contributed by atoms with Crippen LogP contribution in [0, 0.1) is 0 Å². The van der Waals surface area contributed by atoms with Crippen LogP contribution < -0.4 is 10.2 Å². The van der Waals surface area contributed by atoms with Crippen molar-refractivity contribution in [2.24, 2.45) is 0 Å². The number of hydrogen-bond donors (Lipinski definition) is 1. The van der Waals surface area contributed by atoms with Crippen molar-refractivity contribution in [1.29, 1.82) is 0 Å². The highest BCUT2D eigenvalue weighted by Gasteiger charge is 2.34. The largest absolute Gasteiger partial charge is 0.351 e. The molecule has 0 aliphatic carbocycles. The van der Waals surface area contributed by atoms with E-state index in [2.05, 4.69) is 41.7 Å². The lowest BCUT2D eigenvalue weighted by atomic mass is 9.93. The van der Waals surface area contributed by atoms with Crippen LogP contribution >= 0.6 is 23.8 Å². The molecule has 5 rings (SSSR count). The van der Waals surface area contributed by atoms with Gasteiger partial charge in [0, 0.05) is 22.0 Å². The molecular weight excluding hydrogens is 464 g/mol. The van der Waals surface area contributed by atoms with E-state index in [1.165, 1.54) is 5.56 Å². The number of nitrogens with zero attached hydrogens (tertiary/aromatic N) is 3. The van der Waals surface area contributed by atoms with Crippen molar-refractivity contribution in [2.45, 2.75) is 26.3 Å². The van der Waals surface area contributed by atoms with E-state index in [9.17, 15) is 0 Å². The molecule has 1 aromatic heterocycles. The van der Waals surface area contributed by atoms with Crippen LogP contribution in [0.2, 0.25) is 5.02 Å². The monoisotopic (exact) mass is 486 g/mol. The first-order valence-corrected chi connectivity index (χ1v) is 11.9. The second-order valence-electron chi connectivity index (χ2n) is 8.08. The fourth-order valence-electron chi connectivity index (χ4n) is 4.18. The maximum atomic E-state index is 6.18. The molecule has 3 aromatic carbocycles. The fourth-order valence-corrected chi connectivity index (χ4v) is 4.73. The Labute approximate surface area is 209 Å². The molecule has 2 heterocycles. The van der Waals surface area contributed by atoms with Crippen LogP contribution in [-0.4, -0.2) is 15.3 Å². The Bertz CT molecular complexity index is 1360. The number of allylic oxidation sites excluding steroid dienone is 1. The third-order valence-corrected chi connectivity index (χ3v) is 6.50. The molecule has 7 heteroatoms. The predicted molar refractivity (Wildman–Crippen MR) is 141 cm³/mol. The molecule has 0 fully saturated rings. The number of nitrogens with one attached hydrogen (secondary N) is 1. The second kappa shape index (κ2) is 9.41. The van der Waals surface area contributed by atoms with Gasteiger partial charge in [0.2, 0.25) is 5.82 Å². The summed E-state index contributed by atoms with van der Waals surface area (Å²) in [4.78, 5) is 6.76. The Morgan fingerprint density at radius 2 is 1.79 bits per heavy atom. The third kappa shape index (κ3) is 4.22. The van der Waals surface area contributed by atoms with Gasteiger partial charge in [-0.05, 0) is 61.0 Å². The zero-order valence-corrected chi connectivity index (χ0v) is 20.4. The summed E-state index contributed by atoms with van der Waals surface area (Å²) in [5, 5.41) is 8.99. The quantitative estimate of drug-likeness (QED) is 0.312. The Morgan fingerprint density at radius 3 is 2.50 bits per heavy atom. The Hall–Kier alpha value is -3.48. The van der Waals surface area contributed by atoms with Gasteiger partial charge in [-0.25, -0.2) is 0 Å². The van der Waals surface area contributed by atoms with Gasteiger partial charge in [-0.3, -0.25) is 4.90 Å². The van der Waals surface area contributed by atoms with E-state index in [1.54, 1.807) is 0 Å². The highest BCUT2D eigenvalue weighted by atomic mass is 35.5. The van der Waals surface area contributed by atoms with E-state index in [-0.39, 0.29) is 6.04 Å². The van der Waals surface area contributed by atoms with E-state index in [1.807, 2.05) is 66.4 Å². The maximum Gasteiger partial charge on any atom is 0.258 e. The van der Waals surface area contributed by atoms with Crippen LogP contribution in [0.25, 0.3) is 17.0 Å². The molecule has 170 valence electrons. The lowest BCUT2D eigenvalue weighted by Crippen LogP contribution is -2.46. The lowest BCUT2D eigenvalue weighted by molar-refractivity contribution is 0.404. The zero-order valence-electron chi connectivity index (χ0n) is 18.8. The summed E-state index contributed by atoms with van der Waals surface area (Å²) in [5.41, 5.74) is 5.91. The van der Waals surface area contributed by atoms with Crippen molar-refractivity contribution in [2.75, 3.05) is 4.90 Å². The third-order valence-electron chi connectivity index (χ3n) is 5.96. The minimum Gasteiger partial charge on any atom is -0.351 e. The summed E-state index contributed by atoms with van der Waals surface area (Å²) in [6, 6.07) is 25.7. The van der Waals surface area contributed by atoms with Gasteiger partial charge in [0.15, 0.2) is 5.11 Å². The van der Waals surface area contributed by atoms with E-state index in [4.69, 9.17) is 33.3 Å². The molecule has 0 saturated heterocycles. The summed E-state index contributed by atoms with van der Waals surface area (Å²) >= 11 is 12.0. The summed E-state index contributed by atoms with van der Waals surface area (Å²) in [5.74, 6) is 0.922. The Kier molecular flexibility index (Phi) is 6.18. The normalized spacial score (nSPS) is 16.0. The van der Waals surface area contributed by atoms with Gasteiger partial charge < -0.3 is 9.84 Å². The topological polar surface area (TPSA) is 54.2 Å². The minimum atomic E-state index is -0.231. The first kappa shape index (κ1) is 22.3. The second-order valence-corrected chi connectivity index (χ2v) is 8.90. The van der Waals surface area contributed by atoms with Gasteiger partial charge in [-0.1, -0.05) is 78.3 Å². The van der Waals surface area contributed by atoms with Crippen molar-refractivity contribution >= 4 is 40.2 Å². The minimum absolute atomic E-state index is 0.231. The molecule has 0 radical (unpaired) electrons. The van der Waals surface area contributed by atoms with E-state index < -0.39 is 0 Å². The van der Waals surface area contributed by atoms with Gasteiger partial charge in [0.1, 0.15) is 0 Å². The molecule has 1 unspecified atom stereocenters. The molecule has 1 atom stereocenters. The van der Waals surface area contributed by atoms with Crippen LogP contribution in [0.15, 0.2) is 89.1 Å². The number of hydrogen-bond acceptors (Lipinski definition) is 4. The molecule has 1 N–H and O–H groups in total. The zero-order chi connectivity index (χ0) is 23.7. The van der Waals surface area contributed by atoms with Gasteiger partial charge in [0.05, 0.1) is 11.6 Å². The highest BCUT2D eigenvalue weighted by molar-refractivity contribution is 7.80. The van der Waals surface area contributed by atoms with Crippen LogP contribution in [0.3, 0.4) is 0 Å². The van der Waals surface area contributed by atoms with Crippen molar-refractivity contribution < 1.29 is 4.52 Å². The number of halogens is 1. The molecule has 5 nitrogen and oxygen atoms in total. The molecule has 4 aromatic rings. The first-order valence-electron chi connectivity index (χ1n) is 11.1. The smallest absolute Gasteiger partial charge is 0.258 e. The number of thiocarbonyl (C=S) groups is 1. The van der Waals surface area contributed by atoms with Gasteiger partial charge in [-0.2, -0.15) is 4.98 Å². The van der Waals surface area contributed by atoms with Crippen LogP contribution in [0.1, 0.15) is 36.9 Å². The summed E-state index contributed by atoms with van der Waals surface area (Å²) < 4.78 is 5.81. The number of aromatic nitrogens is 2. The average molecular weight is 487 g/mol. The van der Waals surface area contributed by atoms with Gasteiger partial charge in [-0.15, -0.1) is 0 Å². The number of benzene rings is 3. The highest BCUT2D eigenvalue weighted by Crippen LogP contribution is 2.39. The molecule has 1 aliphatic rings. The average Bonchev–Trinajstić information content (AvgIpc) is 3.34.